The number of carbonyl (C=O) groups excluding carboxylic acids is 2. The fourth-order valence-corrected chi connectivity index (χ4v) is 4.21. The van der Waals surface area contributed by atoms with Crippen molar-refractivity contribution >= 4 is 51.4 Å². The lowest BCUT2D eigenvalue weighted by atomic mass is 10.0. The second-order valence-electron chi connectivity index (χ2n) is 8.17. The van der Waals surface area contributed by atoms with Crippen LogP contribution in [-0.4, -0.2) is 49.8 Å². The summed E-state index contributed by atoms with van der Waals surface area (Å²) in [6.07, 6.45) is 1.38. The lowest BCUT2D eigenvalue weighted by molar-refractivity contribution is -0.129. The molecule has 174 valence electrons. The van der Waals surface area contributed by atoms with Crippen LogP contribution < -0.4 is 10.6 Å². The highest BCUT2D eigenvalue weighted by Crippen LogP contribution is 2.24. The SMILES string of the molecule is CC(=O)c1ccc2cc(N(C)CC(=O)N(CCCN)CCc3ccc(Cl)cc3Cl)ccc2c1. The first-order chi connectivity index (χ1) is 15.8. The zero-order valence-electron chi connectivity index (χ0n) is 19.0. The summed E-state index contributed by atoms with van der Waals surface area (Å²) in [4.78, 5) is 28.5. The molecule has 33 heavy (non-hydrogen) atoms. The summed E-state index contributed by atoms with van der Waals surface area (Å²) in [5, 5.41) is 3.22. The molecular formula is C26H29Cl2N3O2. The zero-order valence-corrected chi connectivity index (χ0v) is 20.5. The topological polar surface area (TPSA) is 66.6 Å². The van der Waals surface area contributed by atoms with E-state index >= 15 is 0 Å². The molecule has 3 aromatic carbocycles. The van der Waals surface area contributed by atoms with Gasteiger partial charge in [0.1, 0.15) is 0 Å². The Morgan fingerprint density at radius 2 is 1.67 bits per heavy atom. The van der Waals surface area contributed by atoms with E-state index in [1.165, 1.54) is 0 Å². The molecule has 0 aromatic heterocycles. The maximum Gasteiger partial charge on any atom is 0.242 e. The molecule has 3 aromatic rings. The number of Topliss-reactive ketones (excluding diaryl/α,β-unsaturated/α-hetero) is 1. The van der Waals surface area contributed by atoms with Gasteiger partial charge in [-0.1, -0.05) is 47.5 Å². The molecule has 0 saturated heterocycles. The Balaban J connectivity index is 1.69. The quantitative estimate of drug-likeness (QED) is 0.400. The summed E-state index contributed by atoms with van der Waals surface area (Å²) in [5.41, 5.74) is 8.28. The van der Waals surface area contributed by atoms with E-state index in [-0.39, 0.29) is 18.2 Å². The third-order valence-corrected chi connectivity index (χ3v) is 6.28. The number of likely N-dealkylation sites (N-methyl/N-ethyl adjacent to an activating group) is 1. The first-order valence-electron chi connectivity index (χ1n) is 11.0. The monoisotopic (exact) mass is 485 g/mol. The Morgan fingerprint density at radius 3 is 2.36 bits per heavy atom. The molecule has 0 fully saturated rings. The fraction of sp³-hybridized carbons (Fsp3) is 0.308. The first-order valence-corrected chi connectivity index (χ1v) is 11.7. The van der Waals surface area contributed by atoms with Crippen molar-refractivity contribution < 1.29 is 9.59 Å². The largest absolute Gasteiger partial charge is 0.365 e. The Bertz CT molecular complexity index is 1150. The molecule has 0 spiro atoms. The molecule has 2 N–H and O–H groups in total. The molecule has 0 radical (unpaired) electrons. The lowest BCUT2D eigenvalue weighted by Crippen LogP contribution is -2.41. The molecule has 0 atom stereocenters. The summed E-state index contributed by atoms with van der Waals surface area (Å²) < 4.78 is 0. The van der Waals surface area contributed by atoms with E-state index in [4.69, 9.17) is 28.9 Å². The number of nitrogens with zero attached hydrogens (tertiary/aromatic N) is 2. The molecule has 0 aliphatic carbocycles. The summed E-state index contributed by atoms with van der Waals surface area (Å²) in [7, 11) is 1.90. The van der Waals surface area contributed by atoms with Crippen molar-refractivity contribution in [3.05, 3.63) is 75.8 Å². The average Bonchev–Trinajstić information content (AvgIpc) is 2.79. The van der Waals surface area contributed by atoms with Gasteiger partial charge in [0.15, 0.2) is 5.78 Å². The summed E-state index contributed by atoms with van der Waals surface area (Å²) in [5.74, 6) is 0.0733. The highest BCUT2D eigenvalue weighted by molar-refractivity contribution is 6.35. The minimum absolute atomic E-state index is 0.0306. The number of anilines is 1. The van der Waals surface area contributed by atoms with Crippen LogP contribution in [0.25, 0.3) is 10.8 Å². The van der Waals surface area contributed by atoms with Gasteiger partial charge in [0.2, 0.25) is 5.91 Å². The highest BCUT2D eigenvalue weighted by atomic mass is 35.5. The van der Waals surface area contributed by atoms with Crippen LogP contribution >= 0.6 is 23.2 Å². The van der Waals surface area contributed by atoms with Gasteiger partial charge in [-0.05, 0) is 73.0 Å². The van der Waals surface area contributed by atoms with Crippen molar-refractivity contribution in [1.82, 2.24) is 4.90 Å². The van der Waals surface area contributed by atoms with Crippen LogP contribution in [0.4, 0.5) is 5.69 Å². The summed E-state index contributed by atoms with van der Waals surface area (Å²) in [6, 6.07) is 17.1. The molecular weight excluding hydrogens is 457 g/mol. The minimum atomic E-state index is 0.0306. The number of benzene rings is 3. The number of ketones is 1. The summed E-state index contributed by atoms with van der Waals surface area (Å²) in [6.45, 7) is 3.48. The van der Waals surface area contributed by atoms with Gasteiger partial charge in [0.25, 0.3) is 0 Å². The van der Waals surface area contributed by atoms with Gasteiger partial charge in [-0.3, -0.25) is 9.59 Å². The third kappa shape index (κ3) is 6.70. The van der Waals surface area contributed by atoms with Gasteiger partial charge < -0.3 is 15.5 Å². The second-order valence-corrected chi connectivity index (χ2v) is 9.01. The van der Waals surface area contributed by atoms with Crippen molar-refractivity contribution in [3.8, 4) is 0 Å². The number of rotatable bonds is 10. The molecule has 0 aliphatic heterocycles. The number of hydrogen-bond donors (Lipinski definition) is 1. The molecule has 0 heterocycles. The van der Waals surface area contributed by atoms with Crippen molar-refractivity contribution in [2.75, 3.05) is 38.1 Å². The maximum absolute atomic E-state index is 13.1. The second kappa shape index (κ2) is 11.5. The molecule has 0 aliphatic rings. The fourth-order valence-electron chi connectivity index (χ4n) is 3.71. The zero-order chi connectivity index (χ0) is 24.0. The van der Waals surface area contributed by atoms with Crippen LogP contribution in [0, 0.1) is 0 Å². The number of hydrogen-bond acceptors (Lipinski definition) is 4. The third-order valence-electron chi connectivity index (χ3n) is 5.69. The van der Waals surface area contributed by atoms with E-state index in [0.29, 0.717) is 41.7 Å². The number of nitrogens with two attached hydrogens (primary N) is 1. The van der Waals surface area contributed by atoms with Crippen LogP contribution in [-0.2, 0) is 11.2 Å². The maximum atomic E-state index is 13.1. The number of halogens is 2. The van der Waals surface area contributed by atoms with Crippen LogP contribution in [0.15, 0.2) is 54.6 Å². The van der Waals surface area contributed by atoms with Gasteiger partial charge in [-0.25, -0.2) is 0 Å². The van der Waals surface area contributed by atoms with Gasteiger partial charge in [0, 0.05) is 41.4 Å². The molecule has 0 bridgehead atoms. The van der Waals surface area contributed by atoms with E-state index in [0.717, 1.165) is 28.4 Å². The molecule has 1 amide bonds. The van der Waals surface area contributed by atoms with Crippen molar-refractivity contribution in [1.29, 1.82) is 0 Å². The lowest BCUT2D eigenvalue weighted by Gasteiger charge is -2.27. The highest BCUT2D eigenvalue weighted by Gasteiger charge is 2.17. The predicted octanol–water partition coefficient (Wildman–Crippen LogP) is 5.21. The van der Waals surface area contributed by atoms with E-state index < -0.39 is 0 Å². The van der Waals surface area contributed by atoms with Crippen molar-refractivity contribution in [2.45, 2.75) is 19.8 Å². The number of carbonyl (C=O) groups is 2. The first kappa shape index (κ1) is 25.0. The van der Waals surface area contributed by atoms with Gasteiger partial charge in [-0.2, -0.15) is 0 Å². The Labute approximate surface area is 205 Å². The smallest absolute Gasteiger partial charge is 0.242 e. The standard InChI is InChI=1S/C26H29Cl2N3O2/c1-18(32)20-4-5-22-15-24(9-7-21(22)14-20)30(2)17-26(33)31(12-3-11-29)13-10-19-6-8-23(27)16-25(19)28/h4-9,14-16H,3,10-13,17,29H2,1-2H3. The van der Waals surface area contributed by atoms with Crippen LogP contribution in [0.3, 0.4) is 0 Å². The Hall–Kier alpha value is -2.60. The van der Waals surface area contributed by atoms with E-state index in [1.807, 2.05) is 65.4 Å². The minimum Gasteiger partial charge on any atom is -0.365 e. The van der Waals surface area contributed by atoms with E-state index in [9.17, 15) is 9.59 Å². The Morgan fingerprint density at radius 1 is 0.939 bits per heavy atom. The molecule has 0 unspecified atom stereocenters. The van der Waals surface area contributed by atoms with Gasteiger partial charge in [0.05, 0.1) is 6.54 Å². The molecule has 7 heteroatoms. The van der Waals surface area contributed by atoms with E-state index in [2.05, 4.69) is 0 Å². The van der Waals surface area contributed by atoms with E-state index in [1.54, 1.807) is 13.0 Å². The average molecular weight is 486 g/mol. The van der Waals surface area contributed by atoms with Crippen LogP contribution in [0.5, 0.6) is 0 Å². The summed E-state index contributed by atoms with van der Waals surface area (Å²) >= 11 is 12.3. The van der Waals surface area contributed by atoms with Crippen LogP contribution in [0.2, 0.25) is 10.0 Å². The normalized spacial score (nSPS) is 10.9. The van der Waals surface area contributed by atoms with Gasteiger partial charge >= 0.3 is 0 Å². The number of fused-ring (bicyclic) bond motifs is 1. The molecule has 5 nitrogen and oxygen atoms in total. The predicted molar refractivity (Wildman–Crippen MR) is 138 cm³/mol. The van der Waals surface area contributed by atoms with Crippen LogP contribution in [0.1, 0.15) is 29.3 Å². The number of amides is 1. The molecule has 3 rings (SSSR count). The van der Waals surface area contributed by atoms with Gasteiger partial charge in [-0.15, -0.1) is 0 Å². The van der Waals surface area contributed by atoms with Crippen molar-refractivity contribution in [3.63, 3.8) is 0 Å². The molecule has 0 saturated carbocycles. The Kier molecular flexibility index (Phi) is 8.73. The van der Waals surface area contributed by atoms with Crippen molar-refractivity contribution in [2.24, 2.45) is 5.73 Å².